The van der Waals surface area contributed by atoms with E-state index < -0.39 is 0 Å². The Hall–Kier alpha value is -2.67. The van der Waals surface area contributed by atoms with Crippen molar-refractivity contribution < 1.29 is 4.79 Å². The number of fused-ring (bicyclic) bond motifs is 1. The third-order valence-electron chi connectivity index (χ3n) is 5.83. The maximum Gasteiger partial charge on any atom is 0.264 e. The van der Waals surface area contributed by atoms with Crippen LogP contribution in [0.2, 0.25) is 0 Å². The molecule has 3 aromatic rings. The van der Waals surface area contributed by atoms with E-state index >= 15 is 0 Å². The number of piperazine rings is 1. The summed E-state index contributed by atoms with van der Waals surface area (Å²) in [5.74, 6) is 1.82. The maximum absolute atomic E-state index is 13.4. The summed E-state index contributed by atoms with van der Waals surface area (Å²) in [5, 5.41) is 1.03. The normalized spacial score (nSPS) is 14.4. The molecule has 0 unspecified atom stereocenters. The molecule has 30 heavy (non-hydrogen) atoms. The predicted octanol–water partition coefficient (Wildman–Crippen LogP) is 4.12. The van der Waals surface area contributed by atoms with Crippen molar-refractivity contribution in [2.24, 2.45) is 0 Å². The number of nitrogens with zero attached hydrogens (tertiary/aromatic N) is 5. The smallest absolute Gasteiger partial charge is 0.264 e. The lowest BCUT2D eigenvalue weighted by Gasteiger charge is -2.36. The van der Waals surface area contributed by atoms with Gasteiger partial charge in [-0.15, -0.1) is 11.3 Å². The highest BCUT2D eigenvalue weighted by atomic mass is 32.1. The van der Waals surface area contributed by atoms with Gasteiger partial charge in [0.25, 0.3) is 5.91 Å². The minimum absolute atomic E-state index is 0.117. The van der Waals surface area contributed by atoms with Crippen LogP contribution in [0.3, 0.4) is 0 Å². The average molecular weight is 424 g/mol. The van der Waals surface area contributed by atoms with Crippen LogP contribution in [-0.4, -0.2) is 60.0 Å². The van der Waals surface area contributed by atoms with Crippen LogP contribution in [0.1, 0.15) is 34.9 Å². The molecule has 1 saturated heterocycles. The molecule has 4 rings (SSSR count). The second-order valence-electron chi connectivity index (χ2n) is 7.62. The van der Waals surface area contributed by atoms with Crippen molar-refractivity contribution in [3.05, 3.63) is 46.6 Å². The summed E-state index contributed by atoms with van der Waals surface area (Å²) in [6.45, 7) is 13.1. The zero-order valence-electron chi connectivity index (χ0n) is 18.2. The third kappa shape index (κ3) is 3.74. The second-order valence-corrected chi connectivity index (χ2v) is 8.62. The number of amides is 1. The summed E-state index contributed by atoms with van der Waals surface area (Å²) >= 11 is 1.51. The van der Waals surface area contributed by atoms with Crippen molar-refractivity contribution in [3.63, 3.8) is 0 Å². The number of benzene rings is 1. The lowest BCUT2D eigenvalue weighted by atomic mass is 10.1. The first-order chi connectivity index (χ1) is 14.5. The van der Waals surface area contributed by atoms with Crippen LogP contribution in [0.25, 0.3) is 10.2 Å². The van der Waals surface area contributed by atoms with Crippen molar-refractivity contribution in [1.82, 2.24) is 14.9 Å². The molecule has 0 aliphatic carbocycles. The SMILES string of the molecule is CCN(CC)c1nc(C)nc2sc(C(=O)N3CCN(c4ccccc4)CC3)c(C)c12. The molecular formula is C23H29N5OS. The van der Waals surface area contributed by atoms with E-state index in [0.29, 0.717) is 0 Å². The molecule has 1 fully saturated rings. The number of anilines is 2. The molecule has 0 radical (unpaired) electrons. The average Bonchev–Trinajstić information content (AvgIpc) is 3.10. The van der Waals surface area contributed by atoms with Gasteiger partial charge in [0.15, 0.2) is 0 Å². The highest BCUT2D eigenvalue weighted by Gasteiger charge is 2.27. The zero-order chi connectivity index (χ0) is 21.3. The first kappa shape index (κ1) is 20.6. The summed E-state index contributed by atoms with van der Waals surface area (Å²) in [7, 11) is 0. The number of carbonyl (C=O) groups is 1. The summed E-state index contributed by atoms with van der Waals surface area (Å²) in [5.41, 5.74) is 2.23. The molecule has 6 nitrogen and oxygen atoms in total. The number of thiophene rings is 1. The monoisotopic (exact) mass is 423 g/mol. The van der Waals surface area contributed by atoms with Crippen LogP contribution >= 0.6 is 11.3 Å². The Morgan fingerprint density at radius 2 is 1.70 bits per heavy atom. The standard InChI is InChI=1S/C23H29N5OS/c1-5-26(6-2)21-19-16(3)20(30-22(19)25-17(4)24-21)23(29)28-14-12-27(13-15-28)18-10-8-7-9-11-18/h7-11H,5-6,12-15H2,1-4H3. The van der Waals surface area contributed by atoms with Crippen LogP contribution in [-0.2, 0) is 0 Å². The molecule has 0 bridgehead atoms. The molecule has 0 N–H and O–H groups in total. The van der Waals surface area contributed by atoms with Crippen LogP contribution in [0.4, 0.5) is 11.5 Å². The van der Waals surface area contributed by atoms with Gasteiger partial charge >= 0.3 is 0 Å². The Morgan fingerprint density at radius 1 is 1.03 bits per heavy atom. The second kappa shape index (κ2) is 8.60. The fourth-order valence-electron chi connectivity index (χ4n) is 4.13. The minimum Gasteiger partial charge on any atom is -0.368 e. The van der Waals surface area contributed by atoms with Crippen molar-refractivity contribution in [2.45, 2.75) is 27.7 Å². The number of carbonyl (C=O) groups excluding carboxylic acids is 1. The van der Waals surface area contributed by atoms with E-state index in [1.165, 1.54) is 17.0 Å². The van der Waals surface area contributed by atoms with Crippen LogP contribution < -0.4 is 9.80 Å². The fraction of sp³-hybridized carbons (Fsp3) is 0.435. The van der Waals surface area contributed by atoms with Crippen molar-refractivity contribution >= 4 is 39.0 Å². The van der Waals surface area contributed by atoms with Gasteiger partial charge in [-0.2, -0.15) is 0 Å². The molecule has 1 amide bonds. The molecule has 7 heteroatoms. The minimum atomic E-state index is 0.117. The quantitative estimate of drug-likeness (QED) is 0.618. The van der Waals surface area contributed by atoms with Crippen LogP contribution in [0, 0.1) is 13.8 Å². The number of hydrogen-bond donors (Lipinski definition) is 0. The molecule has 1 aromatic carbocycles. The zero-order valence-corrected chi connectivity index (χ0v) is 19.0. The molecule has 1 aliphatic heterocycles. The van der Waals surface area contributed by atoms with Gasteiger partial charge in [-0.25, -0.2) is 9.97 Å². The Morgan fingerprint density at radius 3 is 2.33 bits per heavy atom. The van der Waals surface area contributed by atoms with E-state index in [4.69, 9.17) is 4.98 Å². The molecule has 0 spiro atoms. The van der Waals surface area contributed by atoms with Gasteiger partial charge in [0.1, 0.15) is 16.5 Å². The van der Waals surface area contributed by atoms with Gasteiger partial charge in [0, 0.05) is 45.0 Å². The number of aromatic nitrogens is 2. The Kier molecular flexibility index (Phi) is 5.90. The van der Waals surface area contributed by atoms with Crippen LogP contribution in [0.15, 0.2) is 30.3 Å². The summed E-state index contributed by atoms with van der Waals surface area (Å²) < 4.78 is 0. The Bertz CT molecular complexity index is 1040. The highest BCUT2D eigenvalue weighted by molar-refractivity contribution is 7.20. The molecule has 0 atom stereocenters. The van der Waals surface area contributed by atoms with Gasteiger partial charge in [0.05, 0.1) is 10.3 Å². The summed E-state index contributed by atoms with van der Waals surface area (Å²) in [4.78, 5) is 31.0. The fourth-order valence-corrected chi connectivity index (χ4v) is 5.32. The van der Waals surface area contributed by atoms with Gasteiger partial charge in [0.2, 0.25) is 0 Å². The number of hydrogen-bond acceptors (Lipinski definition) is 6. The van der Waals surface area contributed by atoms with Gasteiger partial charge in [-0.1, -0.05) is 18.2 Å². The van der Waals surface area contributed by atoms with E-state index in [1.54, 1.807) is 0 Å². The predicted molar refractivity (Wildman–Crippen MR) is 125 cm³/mol. The summed E-state index contributed by atoms with van der Waals surface area (Å²) in [6.07, 6.45) is 0. The van der Waals surface area contributed by atoms with Gasteiger partial charge < -0.3 is 14.7 Å². The van der Waals surface area contributed by atoms with Crippen molar-refractivity contribution in [3.8, 4) is 0 Å². The first-order valence-corrected chi connectivity index (χ1v) is 11.5. The maximum atomic E-state index is 13.4. The number of para-hydroxylation sites is 1. The van der Waals surface area contributed by atoms with Crippen molar-refractivity contribution in [1.29, 1.82) is 0 Å². The van der Waals surface area contributed by atoms with E-state index in [2.05, 4.69) is 52.9 Å². The van der Waals surface area contributed by atoms with Crippen molar-refractivity contribution in [2.75, 3.05) is 49.1 Å². The van der Waals surface area contributed by atoms with E-state index in [9.17, 15) is 4.79 Å². The largest absolute Gasteiger partial charge is 0.368 e. The van der Waals surface area contributed by atoms with Gasteiger partial charge in [-0.3, -0.25) is 4.79 Å². The molecule has 1 aliphatic rings. The molecule has 2 aromatic heterocycles. The molecule has 0 saturated carbocycles. The summed E-state index contributed by atoms with van der Waals surface area (Å²) in [6, 6.07) is 10.4. The van der Waals surface area contributed by atoms with E-state index in [0.717, 1.165) is 71.6 Å². The topological polar surface area (TPSA) is 52.6 Å². The Labute approximate surface area is 182 Å². The molecule has 3 heterocycles. The number of aryl methyl sites for hydroxylation is 2. The molecular weight excluding hydrogens is 394 g/mol. The molecule has 158 valence electrons. The number of rotatable bonds is 5. The lowest BCUT2D eigenvalue weighted by molar-refractivity contribution is 0.0751. The van der Waals surface area contributed by atoms with E-state index in [-0.39, 0.29) is 5.91 Å². The highest BCUT2D eigenvalue weighted by Crippen LogP contribution is 2.36. The van der Waals surface area contributed by atoms with E-state index in [1.807, 2.05) is 24.8 Å². The third-order valence-corrected chi connectivity index (χ3v) is 7.00. The van der Waals surface area contributed by atoms with Gasteiger partial charge in [-0.05, 0) is 45.4 Å². The first-order valence-electron chi connectivity index (χ1n) is 10.6. The lowest BCUT2D eigenvalue weighted by Crippen LogP contribution is -2.48. The van der Waals surface area contributed by atoms with Crippen LogP contribution in [0.5, 0.6) is 0 Å². The Balaban J connectivity index is 1.60.